The highest BCUT2D eigenvalue weighted by atomic mass is 16.5. The van der Waals surface area contributed by atoms with Gasteiger partial charge in [-0.25, -0.2) is 0 Å². The largest absolute Gasteiger partial charge is 0.490 e. The molecule has 2 aliphatic rings. The molecule has 134 valence electrons. The predicted molar refractivity (Wildman–Crippen MR) is 97.5 cm³/mol. The third kappa shape index (κ3) is 5.20. The van der Waals surface area contributed by atoms with Crippen LogP contribution in [-0.4, -0.2) is 62.3 Å². The molecule has 0 radical (unpaired) electrons. The summed E-state index contributed by atoms with van der Waals surface area (Å²) in [5.74, 6) is 1.08. The van der Waals surface area contributed by atoms with Gasteiger partial charge in [-0.15, -0.1) is 0 Å². The van der Waals surface area contributed by atoms with E-state index in [-0.39, 0.29) is 0 Å². The Morgan fingerprint density at radius 3 is 2.79 bits per heavy atom. The highest BCUT2D eigenvalue weighted by Crippen LogP contribution is 2.27. The second-order valence-electron chi connectivity index (χ2n) is 7.45. The van der Waals surface area contributed by atoms with Crippen molar-refractivity contribution in [3.05, 3.63) is 29.8 Å². The quantitative estimate of drug-likeness (QED) is 0.766. The Morgan fingerprint density at radius 1 is 1.21 bits per heavy atom. The predicted octanol–water partition coefficient (Wildman–Crippen LogP) is 3.16. The van der Waals surface area contributed by atoms with Crippen molar-refractivity contribution in [1.82, 2.24) is 9.80 Å². The summed E-state index contributed by atoms with van der Waals surface area (Å²) in [6, 6.07) is 8.57. The molecule has 1 atom stereocenters. The molecule has 1 saturated carbocycles. The van der Waals surface area contributed by atoms with Crippen LogP contribution < -0.4 is 4.74 Å². The number of nitrogens with zero attached hydrogens (tertiary/aromatic N) is 2. The molecule has 1 aromatic carbocycles. The summed E-state index contributed by atoms with van der Waals surface area (Å²) in [6.45, 7) is 4.91. The average Bonchev–Trinajstić information content (AvgIpc) is 3.08. The Morgan fingerprint density at radius 2 is 2.00 bits per heavy atom. The van der Waals surface area contributed by atoms with Crippen molar-refractivity contribution in [2.45, 2.75) is 50.9 Å². The van der Waals surface area contributed by atoms with Gasteiger partial charge in [0.05, 0.1) is 18.8 Å². The summed E-state index contributed by atoms with van der Waals surface area (Å²) in [6.07, 6.45) is 6.90. The van der Waals surface area contributed by atoms with Gasteiger partial charge in [-0.3, -0.25) is 4.90 Å². The Hall–Kier alpha value is -1.10. The summed E-state index contributed by atoms with van der Waals surface area (Å²) in [7, 11) is 4.24. The molecule has 0 unspecified atom stereocenters. The molecule has 0 bridgehead atoms. The Balaban J connectivity index is 1.56. The van der Waals surface area contributed by atoms with Crippen LogP contribution >= 0.6 is 0 Å². The van der Waals surface area contributed by atoms with E-state index in [1.165, 1.54) is 31.2 Å². The van der Waals surface area contributed by atoms with E-state index >= 15 is 0 Å². The maximum absolute atomic E-state index is 6.29. The van der Waals surface area contributed by atoms with Gasteiger partial charge >= 0.3 is 0 Å². The molecule has 4 heteroatoms. The van der Waals surface area contributed by atoms with Crippen LogP contribution in [0, 0.1) is 0 Å². The molecule has 1 aliphatic carbocycles. The Bertz CT molecular complexity index is 500. The van der Waals surface area contributed by atoms with Crippen LogP contribution in [-0.2, 0) is 11.3 Å². The molecular formula is C20H32N2O2. The number of para-hydroxylation sites is 1. The zero-order chi connectivity index (χ0) is 16.8. The minimum Gasteiger partial charge on any atom is -0.490 e. The first kappa shape index (κ1) is 17.7. The lowest BCUT2D eigenvalue weighted by atomic mass is 10.1. The molecule has 24 heavy (non-hydrogen) atoms. The van der Waals surface area contributed by atoms with E-state index < -0.39 is 0 Å². The fraction of sp³-hybridized carbons (Fsp3) is 0.700. The topological polar surface area (TPSA) is 24.9 Å². The van der Waals surface area contributed by atoms with Gasteiger partial charge < -0.3 is 14.4 Å². The third-order valence-corrected chi connectivity index (χ3v) is 5.08. The van der Waals surface area contributed by atoms with Crippen molar-refractivity contribution in [2.75, 3.05) is 40.3 Å². The maximum Gasteiger partial charge on any atom is 0.124 e. The molecule has 2 fully saturated rings. The third-order valence-electron chi connectivity index (χ3n) is 5.08. The van der Waals surface area contributed by atoms with Crippen LogP contribution in [0.15, 0.2) is 24.3 Å². The van der Waals surface area contributed by atoms with Crippen LogP contribution in [0.5, 0.6) is 5.75 Å². The summed E-state index contributed by atoms with van der Waals surface area (Å²) < 4.78 is 12.2. The average molecular weight is 332 g/mol. The zero-order valence-electron chi connectivity index (χ0n) is 15.2. The summed E-state index contributed by atoms with van der Waals surface area (Å²) in [4.78, 5) is 4.74. The molecule has 1 aromatic rings. The van der Waals surface area contributed by atoms with E-state index in [0.29, 0.717) is 12.2 Å². The molecular weight excluding hydrogens is 300 g/mol. The van der Waals surface area contributed by atoms with E-state index in [4.69, 9.17) is 9.47 Å². The lowest BCUT2D eigenvalue weighted by molar-refractivity contribution is -0.0372. The van der Waals surface area contributed by atoms with Gasteiger partial charge in [0.2, 0.25) is 0 Å². The van der Waals surface area contributed by atoms with Crippen molar-refractivity contribution in [1.29, 1.82) is 0 Å². The van der Waals surface area contributed by atoms with Crippen molar-refractivity contribution in [2.24, 2.45) is 0 Å². The molecule has 0 N–H and O–H groups in total. The molecule has 0 amide bonds. The first-order valence-corrected chi connectivity index (χ1v) is 9.44. The minimum absolute atomic E-state index is 0.351. The van der Waals surface area contributed by atoms with E-state index in [0.717, 1.165) is 45.0 Å². The molecule has 3 rings (SSSR count). The number of morpholine rings is 1. The molecule has 1 saturated heterocycles. The second kappa shape index (κ2) is 8.84. The first-order chi connectivity index (χ1) is 11.7. The van der Waals surface area contributed by atoms with Crippen molar-refractivity contribution in [3.63, 3.8) is 0 Å². The smallest absolute Gasteiger partial charge is 0.124 e. The normalized spacial score (nSPS) is 23.0. The number of hydrogen-bond donors (Lipinski definition) is 0. The van der Waals surface area contributed by atoms with E-state index in [1.807, 2.05) is 0 Å². The summed E-state index contributed by atoms with van der Waals surface area (Å²) in [5.41, 5.74) is 1.32. The number of benzene rings is 1. The van der Waals surface area contributed by atoms with E-state index in [2.05, 4.69) is 48.2 Å². The highest BCUT2D eigenvalue weighted by Gasteiger charge is 2.22. The fourth-order valence-corrected chi connectivity index (χ4v) is 3.68. The van der Waals surface area contributed by atoms with Gasteiger partial charge in [-0.2, -0.15) is 0 Å². The Labute approximate surface area is 146 Å². The standard InChI is InChI=1S/C20H32N2O2/c1-21(2)12-11-19-16-22(13-14-23-19)15-17-7-3-6-10-20(17)24-18-8-4-5-9-18/h3,6-7,10,18-19H,4-5,8-9,11-16H2,1-2H3/t19-/m1/s1. The second-order valence-corrected chi connectivity index (χ2v) is 7.45. The fourth-order valence-electron chi connectivity index (χ4n) is 3.68. The monoisotopic (exact) mass is 332 g/mol. The maximum atomic E-state index is 6.29. The molecule has 1 aliphatic heterocycles. The molecule has 4 nitrogen and oxygen atoms in total. The van der Waals surface area contributed by atoms with Gasteiger partial charge in [-0.05, 0) is 52.3 Å². The van der Waals surface area contributed by atoms with Crippen molar-refractivity contribution < 1.29 is 9.47 Å². The first-order valence-electron chi connectivity index (χ1n) is 9.44. The van der Waals surface area contributed by atoms with E-state index in [1.54, 1.807) is 0 Å². The van der Waals surface area contributed by atoms with Crippen LogP contribution in [0.25, 0.3) is 0 Å². The van der Waals surface area contributed by atoms with Crippen LogP contribution in [0.2, 0.25) is 0 Å². The van der Waals surface area contributed by atoms with Gasteiger partial charge in [0.1, 0.15) is 5.75 Å². The number of hydrogen-bond acceptors (Lipinski definition) is 4. The molecule has 0 aromatic heterocycles. The van der Waals surface area contributed by atoms with Crippen LogP contribution in [0.1, 0.15) is 37.7 Å². The lowest BCUT2D eigenvalue weighted by Crippen LogP contribution is -2.43. The number of rotatable bonds is 7. The van der Waals surface area contributed by atoms with Crippen LogP contribution in [0.4, 0.5) is 0 Å². The van der Waals surface area contributed by atoms with Crippen molar-refractivity contribution >= 4 is 0 Å². The summed E-state index contributed by atoms with van der Waals surface area (Å²) in [5, 5.41) is 0. The highest BCUT2D eigenvalue weighted by molar-refractivity contribution is 5.33. The van der Waals surface area contributed by atoms with Gasteiger partial charge in [0.15, 0.2) is 0 Å². The summed E-state index contributed by atoms with van der Waals surface area (Å²) >= 11 is 0. The van der Waals surface area contributed by atoms with Gasteiger partial charge in [0, 0.05) is 31.7 Å². The van der Waals surface area contributed by atoms with Crippen LogP contribution in [0.3, 0.4) is 0 Å². The Kier molecular flexibility index (Phi) is 6.52. The number of ether oxygens (including phenoxy) is 2. The van der Waals surface area contributed by atoms with Crippen molar-refractivity contribution in [3.8, 4) is 5.75 Å². The van der Waals surface area contributed by atoms with E-state index in [9.17, 15) is 0 Å². The molecule has 1 heterocycles. The minimum atomic E-state index is 0.351. The SMILES string of the molecule is CN(C)CC[C@@H]1CN(Cc2ccccc2OC2CCCC2)CCO1. The molecule has 0 spiro atoms. The van der Waals surface area contributed by atoms with Gasteiger partial charge in [-0.1, -0.05) is 18.2 Å². The lowest BCUT2D eigenvalue weighted by Gasteiger charge is -2.34. The zero-order valence-corrected chi connectivity index (χ0v) is 15.2. The van der Waals surface area contributed by atoms with Gasteiger partial charge in [0.25, 0.3) is 0 Å².